The van der Waals surface area contributed by atoms with Crippen LogP contribution in [0.4, 0.5) is 4.39 Å². The fourth-order valence-corrected chi connectivity index (χ4v) is 4.33. The fourth-order valence-electron chi connectivity index (χ4n) is 3.56. The third-order valence-corrected chi connectivity index (χ3v) is 6.27. The lowest BCUT2D eigenvalue weighted by Crippen LogP contribution is -2.42. The molecule has 1 saturated heterocycles. The summed E-state index contributed by atoms with van der Waals surface area (Å²) in [6.07, 6.45) is 4.74. The Bertz CT molecular complexity index is 817. The summed E-state index contributed by atoms with van der Waals surface area (Å²) in [5.41, 5.74) is 2.55. The van der Waals surface area contributed by atoms with Crippen LogP contribution in [0, 0.1) is 11.7 Å². The van der Waals surface area contributed by atoms with Crippen molar-refractivity contribution in [1.82, 2.24) is 9.27 Å². The summed E-state index contributed by atoms with van der Waals surface area (Å²) >= 11 is 6.13. The van der Waals surface area contributed by atoms with E-state index in [0.717, 1.165) is 37.1 Å². The third kappa shape index (κ3) is 3.77. The van der Waals surface area contributed by atoms with Gasteiger partial charge in [0.15, 0.2) is 5.78 Å². The van der Waals surface area contributed by atoms with Crippen LogP contribution in [0.3, 0.4) is 0 Å². The van der Waals surface area contributed by atoms with Gasteiger partial charge in [0.25, 0.3) is 0 Å². The second kappa shape index (κ2) is 7.62. The zero-order valence-electron chi connectivity index (χ0n) is 14.3. The number of thiol groups is 1. The number of benzene rings is 1. The number of piperidine rings is 1. The molecule has 1 saturated carbocycles. The fraction of sp³-hybridized carbons (Fsp3) is 0.400. The number of ketones is 1. The number of hydrogen-bond donors (Lipinski definition) is 1. The van der Waals surface area contributed by atoms with Crippen LogP contribution >= 0.6 is 24.2 Å². The van der Waals surface area contributed by atoms with Gasteiger partial charge in [-0.25, -0.2) is 4.39 Å². The van der Waals surface area contributed by atoms with Crippen LogP contribution in [0.2, 0.25) is 0 Å². The monoisotopic (exact) mass is 388 g/mol. The van der Waals surface area contributed by atoms with E-state index in [4.69, 9.17) is 12.6 Å². The van der Waals surface area contributed by atoms with E-state index in [1.54, 1.807) is 12.1 Å². The van der Waals surface area contributed by atoms with E-state index in [1.807, 2.05) is 17.5 Å². The van der Waals surface area contributed by atoms with Crippen LogP contribution in [0.1, 0.15) is 36.6 Å². The minimum absolute atomic E-state index is 0.0827. The van der Waals surface area contributed by atoms with Crippen molar-refractivity contribution in [3.63, 3.8) is 0 Å². The molecule has 1 aliphatic carbocycles. The van der Waals surface area contributed by atoms with Crippen LogP contribution in [0.15, 0.2) is 41.3 Å². The number of halogens is 1. The molecule has 2 aromatic rings. The molecule has 2 unspecified atom stereocenters. The lowest BCUT2D eigenvalue weighted by molar-refractivity contribution is -0.126. The lowest BCUT2D eigenvalue weighted by atomic mass is 9.93. The van der Waals surface area contributed by atoms with Crippen LogP contribution in [0.5, 0.6) is 0 Å². The first-order chi connectivity index (χ1) is 12.6. The highest BCUT2D eigenvalue weighted by Crippen LogP contribution is 2.39. The molecular formula is C20H21FN2OS2. The molecule has 136 valence electrons. The summed E-state index contributed by atoms with van der Waals surface area (Å²) in [5, 5.41) is 2.09. The second-order valence-corrected chi connectivity index (χ2v) is 8.31. The molecule has 0 amide bonds. The molecule has 0 bridgehead atoms. The number of carbonyl (C=O) groups is 1. The van der Waals surface area contributed by atoms with Crippen molar-refractivity contribution >= 4 is 36.0 Å². The number of Topliss-reactive ketones (excluding diaryl/α,β-unsaturated/α-hetero) is 1. The van der Waals surface area contributed by atoms with E-state index in [0.29, 0.717) is 12.1 Å². The number of hydrogen-bond acceptors (Lipinski definition) is 5. The Morgan fingerprint density at radius 3 is 2.81 bits per heavy atom. The Balaban J connectivity index is 1.65. The maximum Gasteiger partial charge on any atom is 0.157 e. The maximum atomic E-state index is 14.5. The number of rotatable bonds is 5. The molecule has 0 radical (unpaired) electrons. The summed E-state index contributed by atoms with van der Waals surface area (Å²) in [6.45, 7) is 1.35. The topological polar surface area (TPSA) is 33.2 Å². The Morgan fingerprint density at radius 2 is 2.12 bits per heavy atom. The first kappa shape index (κ1) is 17.9. The van der Waals surface area contributed by atoms with Gasteiger partial charge < -0.3 is 0 Å². The van der Waals surface area contributed by atoms with Gasteiger partial charge in [-0.1, -0.05) is 18.2 Å². The summed E-state index contributed by atoms with van der Waals surface area (Å²) in [5.74, 6) is -0.0652. The summed E-state index contributed by atoms with van der Waals surface area (Å²) in [7, 11) is 0. The minimum Gasteiger partial charge on any atom is -0.297 e. The molecule has 1 aromatic heterocycles. The first-order valence-electron chi connectivity index (χ1n) is 8.94. The second-order valence-electron chi connectivity index (χ2n) is 7.02. The molecule has 2 heterocycles. The zero-order chi connectivity index (χ0) is 18.1. The van der Waals surface area contributed by atoms with E-state index in [-0.39, 0.29) is 22.8 Å². The molecule has 6 heteroatoms. The highest BCUT2D eigenvalue weighted by molar-refractivity contribution is 7.81. The molecule has 0 spiro atoms. The van der Waals surface area contributed by atoms with Crippen molar-refractivity contribution < 1.29 is 9.18 Å². The van der Waals surface area contributed by atoms with Crippen molar-refractivity contribution in [2.24, 2.45) is 5.92 Å². The first-order valence-corrected chi connectivity index (χ1v) is 10.3. The Kier molecular flexibility index (Phi) is 5.25. The number of nitrogens with zero attached hydrogens (tertiary/aromatic N) is 2. The molecule has 26 heavy (non-hydrogen) atoms. The number of likely N-dealkylation sites (tertiary alicyclic amines) is 1. The Morgan fingerprint density at radius 1 is 1.31 bits per heavy atom. The van der Waals surface area contributed by atoms with Crippen LogP contribution in [-0.2, 0) is 4.79 Å². The van der Waals surface area contributed by atoms with Crippen molar-refractivity contribution in [2.45, 2.75) is 30.6 Å². The van der Waals surface area contributed by atoms with Crippen molar-refractivity contribution in [3.8, 4) is 0 Å². The average Bonchev–Trinajstić information content (AvgIpc) is 3.37. The van der Waals surface area contributed by atoms with Crippen molar-refractivity contribution in [1.29, 1.82) is 0 Å². The van der Waals surface area contributed by atoms with Gasteiger partial charge in [0.1, 0.15) is 5.82 Å². The normalized spacial score (nSPS) is 23.9. The highest BCUT2D eigenvalue weighted by Gasteiger charge is 2.40. The molecular weight excluding hydrogens is 367 g/mol. The van der Waals surface area contributed by atoms with E-state index in [2.05, 4.69) is 15.3 Å². The van der Waals surface area contributed by atoms with Crippen LogP contribution in [-0.4, -0.2) is 33.4 Å². The van der Waals surface area contributed by atoms with Crippen molar-refractivity contribution in [2.75, 3.05) is 13.1 Å². The minimum atomic E-state index is -0.511. The number of aromatic nitrogens is 1. The SMILES string of the molecule is O=C(C1CC1)C(c1ccccc1F)N1CCC(S)C(=Cc2ccsn2)C1. The van der Waals surface area contributed by atoms with Gasteiger partial charge in [-0.15, -0.1) is 0 Å². The van der Waals surface area contributed by atoms with Crippen LogP contribution < -0.4 is 0 Å². The summed E-state index contributed by atoms with van der Waals surface area (Å²) < 4.78 is 18.8. The molecule has 2 fully saturated rings. The van der Waals surface area contributed by atoms with Gasteiger partial charge >= 0.3 is 0 Å². The maximum absolute atomic E-state index is 14.5. The molecule has 1 aromatic carbocycles. The standard InChI is InChI=1S/C20H21FN2OS2/c21-17-4-2-1-3-16(17)19(20(24)13-5-6-13)23-9-7-18(25)14(12-23)11-15-8-10-26-22-15/h1-4,8,10-11,13,18-19,25H,5-7,9,12H2. The van der Waals surface area contributed by atoms with Gasteiger partial charge in [-0.3, -0.25) is 9.69 Å². The van der Waals surface area contributed by atoms with Crippen LogP contribution in [0.25, 0.3) is 6.08 Å². The molecule has 0 N–H and O–H groups in total. The van der Waals surface area contributed by atoms with Gasteiger partial charge in [0.2, 0.25) is 0 Å². The molecule has 1 aliphatic heterocycles. The van der Waals surface area contributed by atoms with Crippen molar-refractivity contribution in [3.05, 3.63) is 58.4 Å². The Hall–Kier alpha value is -1.50. The van der Waals surface area contributed by atoms with Gasteiger partial charge in [0, 0.05) is 35.2 Å². The van der Waals surface area contributed by atoms with E-state index < -0.39 is 6.04 Å². The van der Waals surface area contributed by atoms with E-state index >= 15 is 0 Å². The van der Waals surface area contributed by atoms with Gasteiger partial charge in [-0.05, 0) is 54.6 Å². The largest absolute Gasteiger partial charge is 0.297 e. The lowest BCUT2D eigenvalue weighted by Gasteiger charge is -2.37. The Labute approximate surface area is 162 Å². The molecule has 3 nitrogen and oxygen atoms in total. The van der Waals surface area contributed by atoms with E-state index in [9.17, 15) is 9.18 Å². The number of carbonyl (C=O) groups excluding carboxylic acids is 1. The summed E-state index contributed by atoms with van der Waals surface area (Å²) in [4.78, 5) is 15.1. The zero-order valence-corrected chi connectivity index (χ0v) is 16.1. The molecule has 2 aliphatic rings. The summed E-state index contributed by atoms with van der Waals surface area (Å²) in [6, 6.07) is 8.13. The highest BCUT2D eigenvalue weighted by atomic mass is 32.1. The molecule has 4 rings (SSSR count). The predicted molar refractivity (Wildman–Crippen MR) is 106 cm³/mol. The molecule has 2 atom stereocenters. The quantitative estimate of drug-likeness (QED) is 0.771. The average molecular weight is 389 g/mol. The van der Waals surface area contributed by atoms with Gasteiger partial charge in [0.05, 0.1) is 11.7 Å². The predicted octanol–water partition coefficient (Wildman–Crippen LogP) is 4.39. The smallest absolute Gasteiger partial charge is 0.157 e. The van der Waals surface area contributed by atoms with E-state index in [1.165, 1.54) is 17.6 Å². The van der Waals surface area contributed by atoms with Gasteiger partial charge in [-0.2, -0.15) is 17.0 Å². The third-order valence-electron chi connectivity index (χ3n) is 5.11.